The minimum atomic E-state index is -2.51. The summed E-state index contributed by atoms with van der Waals surface area (Å²) in [6.45, 7) is 11.2. The molecule has 0 aromatic heterocycles. The van der Waals surface area contributed by atoms with Crippen LogP contribution >= 0.6 is 0 Å². The van der Waals surface area contributed by atoms with E-state index < -0.39 is 83.9 Å². The van der Waals surface area contributed by atoms with Gasteiger partial charge < -0.3 is 43.9 Å². The third-order valence-corrected chi connectivity index (χ3v) is 13.6. The van der Waals surface area contributed by atoms with Gasteiger partial charge in [0.1, 0.15) is 35.9 Å². The topological polar surface area (TPSA) is 178 Å². The van der Waals surface area contributed by atoms with Crippen molar-refractivity contribution in [1.82, 2.24) is 4.90 Å². The molecule has 1 amide bonds. The number of ketones is 2. The molecule has 0 radical (unpaired) electrons. The molecule has 1 saturated carbocycles. The van der Waals surface area contributed by atoms with Gasteiger partial charge in [-0.05, 0) is 108 Å². The molecule has 4 aliphatic rings. The highest BCUT2D eigenvalue weighted by Crippen LogP contribution is 2.39. The number of carbonyl (C=O) groups excluding carboxylic acids is 4. The molecule has 0 spiro atoms. The quantitative estimate of drug-likeness (QED) is 0.168. The Morgan fingerprint density at radius 1 is 0.902 bits per heavy atom. The van der Waals surface area contributed by atoms with Gasteiger partial charge in [-0.1, -0.05) is 63.6 Å². The monoisotopic (exact) mass is 853 g/mol. The summed E-state index contributed by atoms with van der Waals surface area (Å²) in [4.78, 5) is 58.0. The van der Waals surface area contributed by atoms with Crippen LogP contribution in [0.2, 0.25) is 0 Å². The van der Waals surface area contributed by atoms with Crippen molar-refractivity contribution < 1.29 is 58.2 Å². The number of piperidine rings is 1. The smallest absolute Gasteiger partial charge is 0.329 e. The number of benzene rings is 1. The van der Waals surface area contributed by atoms with Gasteiger partial charge in [0.25, 0.3) is 11.7 Å². The number of aliphatic hydroxyl groups is 3. The van der Waals surface area contributed by atoms with Crippen molar-refractivity contribution in [3.63, 3.8) is 0 Å². The second-order valence-corrected chi connectivity index (χ2v) is 18.4. The van der Waals surface area contributed by atoms with Gasteiger partial charge in [-0.3, -0.25) is 14.4 Å². The van der Waals surface area contributed by atoms with Crippen LogP contribution in [0.1, 0.15) is 112 Å². The molecule has 2 saturated heterocycles. The predicted molar refractivity (Wildman–Crippen MR) is 228 cm³/mol. The molecule has 3 heterocycles. The lowest BCUT2D eigenvalue weighted by molar-refractivity contribution is -0.302. The summed E-state index contributed by atoms with van der Waals surface area (Å²) in [5, 5.41) is 35.0. The Morgan fingerprint density at radius 2 is 1.59 bits per heavy atom. The number of hydrogen-bond donors (Lipinski definition) is 3. The number of methoxy groups -OCH3 is 2. The number of carbonyl (C=O) groups is 4. The van der Waals surface area contributed by atoms with Crippen molar-refractivity contribution in [2.45, 2.75) is 167 Å². The molecule has 2 bridgehead atoms. The Hall–Kier alpha value is -3.46. The predicted octanol–water partition coefficient (Wildman–Crippen LogP) is 5.91. The first-order valence-electron chi connectivity index (χ1n) is 22.5. The number of nitrogens with zero attached hydrogens (tertiary/aromatic N) is 1. The highest BCUT2D eigenvalue weighted by atomic mass is 16.7. The molecule has 0 unspecified atom stereocenters. The van der Waals surface area contributed by atoms with E-state index >= 15 is 0 Å². The third-order valence-electron chi connectivity index (χ3n) is 13.6. The Kier molecular flexibility index (Phi) is 17.3. The Bertz CT molecular complexity index is 1710. The molecule has 14 atom stereocenters. The molecule has 1 aromatic carbocycles. The first-order valence-corrected chi connectivity index (χ1v) is 22.5. The molecule has 3 N–H and O–H groups in total. The maximum atomic E-state index is 14.4. The molecule has 3 fully saturated rings. The molecular formula is C48H71NO12. The van der Waals surface area contributed by atoms with Gasteiger partial charge in [0.2, 0.25) is 5.79 Å². The van der Waals surface area contributed by atoms with E-state index in [2.05, 4.69) is 6.92 Å². The number of cyclic esters (lactones) is 1. The fourth-order valence-electron chi connectivity index (χ4n) is 9.96. The molecular weight excluding hydrogens is 783 g/mol. The molecule has 13 nitrogen and oxygen atoms in total. The van der Waals surface area contributed by atoms with Crippen LogP contribution in [0.3, 0.4) is 0 Å². The van der Waals surface area contributed by atoms with E-state index in [0.717, 1.165) is 5.57 Å². The van der Waals surface area contributed by atoms with Crippen molar-refractivity contribution in [1.29, 1.82) is 0 Å². The zero-order valence-corrected chi connectivity index (χ0v) is 37.5. The summed E-state index contributed by atoms with van der Waals surface area (Å²) < 4.78 is 30.4. The Labute approximate surface area is 362 Å². The number of amides is 1. The van der Waals surface area contributed by atoms with Crippen molar-refractivity contribution in [3.05, 3.63) is 53.6 Å². The van der Waals surface area contributed by atoms with E-state index in [4.69, 9.17) is 23.7 Å². The van der Waals surface area contributed by atoms with E-state index in [1.54, 1.807) is 13.8 Å². The van der Waals surface area contributed by atoms with Crippen LogP contribution in [0, 0.1) is 29.6 Å². The minimum absolute atomic E-state index is 0.0275. The molecule has 5 rings (SSSR count). The summed E-state index contributed by atoms with van der Waals surface area (Å²) in [5.41, 5.74) is 1.63. The Balaban J connectivity index is 1.48. The van der Waals surface area contributed by atoms with Gasteiger partial charge >= 0.3 is 5.97 Å². The average molecular weight is 854 g/mol. The van der Waals surface area contributed by atoms with Crippen LogP contribution in [-0.2, 0) is 38.1 Å². The van der Waals surface area contributed by atoms with Gasteiger partial charge in [0, 0.05) is 44.9 Å². The summed E-state index contributed by atoms with van der Waals surface area (Å²) in [6, 6.07) is 8.21. The van der Waals surface area contributed by atoms with Gasteiger partial charge in [-0.2, -0.15) is 0 Å². The fraction of sp³-hybridized carbons (Fsp3) is 0.708. The molecule has 1 aliphatic carbocycles. The number of para-hydroxylation sites is 1. The molecule has 3 aliphatic heterocycles. The van der Waals surface area contributed by atoms with E-state index in [-0.39, 0.29) is 49.5 Å². The van der Waals surface area contributed by atoms with Crippen LogP contribution < -0.4 is 4.74 Å². The van der Waals surface area contributed by atoms with E-state index in [0.29, 0.717) is 62.7 Å². The van der Waals surface area contributed by atoms with Crippen molar-refractivity contribution in [2.75, 3.05) is 20.8 Å². The molecule has 13 heteroatoms. The number of Topliss-reactive ketones (excluding diaryl/α,β-unsaturated/α-hetero) is 2. The highest BCUT2D eigenvalue weighted by Gasteiger charge is 2.56. The second-order valence-electron chi connectivity index (χ2n) is 18.4. The van der Waals surface area contributed by atoms with E-state index in [1.165, 1.54) is 19.1 Å². The molecule has 61 heavy (non-hydrogen) atoms. The normalized spacial score (nSPS) is 39.0. The van der Waals surface area contributed by atoms with Crippen LogP contribution in [0.5, 0.6) is 5.75 Å². The molecule has 340 valence electrons. The van der Waals surface area contributed by atoms with Crippen LogP contribution in [0.15, 0.2) is 53.6 Å². The number of aliphatic hydroxyl groups excluding tert-OH is 2. The lowest BCUT2D eigenvalue weighted by Crippen LogP contribution is -2.64. The van der Waals surface area contributed by atoms with Crippen LogP contribution in [-0.4, -0.2) is 119 Å². The number of esters is 1. The van der Waals surface area contributed by atoms with E-state index in [9.17, 15) is 34.5 Å². The third kappa shape index (κ3) is 11.8. The zero-order chi connectivity index (χ0) is 44.6. The lowest BCUT2D eigenvalue weighted by atomic mass is 9.81. The number of allylic oxidation sites excluding steroid dienone is 3. The summed E-state index contributed by atoms with van der Waals surface area (Å²) in [7, 11) is 3.06. The highest BCUT2D eigenvalue weighted by molar-refractivity contribution is 6.39. The van der Waals surface area contributed by atoms with Crippen molar-refractivity contribution in [3.8, 4) is 5.75 Å². The lowest BCUT2D eigenvalue weighted by Gasteiger charge is -2.47. The van der Waals surface area contributed by atoms with Crippen molar-refractivity contribution in [2.24, 2.45) is 29.6 Å². The van der Waals surface area contributed by atoms with Gasteiger partial charge in [-0.25, -0.2) is 4.79 Å². The standard InChI is InChI=1S/C48H71NO12/c1-9-34-22-28(2)21-29(3)23-41(57-7)44-42(58-8)25-31(5)48(56,61-44)45(53)46(54)49-20-14-13-17-36(49)47(55)60-43(32(6)37(50)27-38(34)51)30(4)24-33-18-19-40(39(52)26-33)59-35-15-11-10-12-16-35/h10-12,15-16,22,24,29,31-34,36-37,39-44,50,52,56H,9,13-14,17-21,23,25-27H2,1-8H3/b28-22+,30-24+/t29-,31+,32+,33-,34+,36-,37-,39+,40+,41-,42-,43+,44+,48+/m0/s1. The van der Waals surface area contributed by atoms with Crippen molar-refractivity contribution >= 4 is 23.4 Å². The largest absolute Gasteiger partial charge is 0.488 e. The maximum absolute atomic E-state index is 14.4. The number of rotatable bonds is 7. The first-order chi connectivity index (χ1) is 29.0. The van der Waals surface area contributed by atoms with Crippen LogP contribution in [0.4, 0.5) is 0 Å². The zero-order valence-electron chi connectivity index (χ0n) is 37.5. The van der Waals surface area contributed by atoms with Gasteiger partial charge in [0.05, 0.1) is 24.4 Å². The van der Waals surface area contributed by atoms with Gasteiger partial charge in [0.15, 0.2) is 0 Å². The number of fused-ring (bicyclic) bond motifs is 3. The average Bonchev–Trinajstić information content (AvgIpc) is 3.24. The Morgan fingerprint density at radius 3 is 2.25 bits per heavy atom. The van der Waals surface area contributed by atoms with Gasteiger partial charge in [-0.15, -0.1) is 0 Å². The number of ether oxygens (including phenoxy) is 5. The maximum Gasteiger partial charge on any atom is 0.329 e. The molecule has 1 aromatic rings. The number of hydrogen-bond acceptors (Lipinski definition) is 12. The summed E-state index contributed by atoms with van der Waals surface area (Å²) >= 11 is 0. The summed E-state index contributed by atoms with van der Waals surface area (Å²) in [6.07, 6.45) is 3.25. The first kappa shape index (κ1) is 48.6. The van der Waals surface area contributed by atoms with Crippen LogP contribution in [0.25, 0.3) is 0 Å². The SMILES string of the molecule is CC[C@@H]1/C=C(\C)C[C@H](C)C[C@H](OC)[C@H]2O[C@@](O)(C(=O)C(=O)N3CCCC[C@H]3C(=O)O[C@H](/C(C)=C/[C@@H]3CC[C@@H](Oc4ccccc4)[C@H](O)C3)[C@H](C)[C@@H](O)CC1=O)[C@H](C)C[C@@H]2OC. The fourth-order valence-corrected chi connectivity index (χ4v) is 9.96. The van der Waals surface area contributed by atoms with E-state index in [1.807, 2.05) is 63.3 Å². The summed E-state index contributed by atoms with van der Waals surface area (Å²) in [5.74, 6) is -7.01. The second kappa shape index (κ2) is 21.8. The minimum Gasteiger partial charge on any atom is -0.488 e.